The van der Waals surface area contributed by atoms with Crippen LogP contribution in [0, 0.1) is 23.4 Å². The molecule has 4 heteroatoms. The number of aromatic nitrogens is 1. The molecule has 0 spiro atoms. The molecule has 0 saturated heterocycles. The van der Waals surface area contributed by atoms with Gasteiger partial charge in [-0.1, -0.05) is 6.42 Å². The fourth-order valence-electron chi connectivity index (χ4n) is 3.02. The van der Waals surface area contributed by atoms with Gasteiger partial charge in [0.05, 0.1) is 11.2 Å². The fraction of sp³-hybridized carbons (Fsp3) is 0.167. The maximum atomic E-state index is 14.1. The van der Waals surface area contributed by atoms with Crippen LogP contribution in [0.5, 0.6) is 0 Å². The number of aromatic amines is 1. The molecule has 4 rings (SSSR count). The first-order valence-corrected chi connectivity index (χ1v) is 7.25. The van der Waals surface area contributed by atoms with Crippen molar-refractivity contribution in [3.05, 3.63) is 65.3 Å². The van der Waals surface area contributed by atoms with E-state index in [1.807, 2.05) is 0 Å². The van der Waals surface area contributed by atoms with Gasteiger partial charge in [-0.3, -0.25) is 0 Å². The quantitative estimate of drug-likeness (QED) is 0.656. The van der Waals surface area contributed by atoms with Crippen LogP contribution in [0.2, 0.25) is 0 Å². The summed E-state index contributed by atoms with van der Waals surface area (Å²) in [6.07, 6.45) is 2.95. The number of hydrogen-bond acceptors (Lipinski definition) is 0. The molecule has 0 aliphatic heterocycles. The van der Waals surface area contributed by atoms with Crippen LogP contribution < -0.4 is 0 Å². The number of benzene rings is 2. The zero-order valence-electron chi connectivity index (χ0n) is 11.7. The third-order valence-electron chi connectivity index (χ3n) is 4.27. The highest BCUT2D eigenvalue weighted by molar-refractivity contribution is 5.93. The molecule has 1 fully saturated rings. The maximum absolute atomic E-state index is 14.1. The minimum Gasteiger partial charge on any atom is -0.352 e. The average Bonchev–Trinajstić information content (AvgIpc) is 2.78. The van der Waals surface area contributed by atoms with E-state index in [2.05, 4.69) is 4.98 Å². The molecule has 0 amide bonds. The van der Waals surface area contributed by atoms with Crippen LogP contribution in [0.3, 0.4) is 0 Å². The molecule has 0 bridgehead atoms. The number of rotatable bonds is 2. The van der Waals surface area contributed by atoms with Crippen LogP contribution in [0.1, 0.15) is 24.8 Å². The van der Waals surface area contributed by atoms with Gasteiger partial charge in [-0.25, -0.2) is 13.2 Å². The molecule has 1 nitrogen and oxygen atoms in total. The summed E-state index contributed by atoms with van der Waals surface area (Å²) < 4.78 is 40.8. The van der Waals surface area contributed by atoms with E-state index in [-0.39, 0.29) is 5.82 Å². The minimum atomic E-state index is -0.607. The summed E-state index contributed by atoms with van der Waals surface area (Å²) in [6.45, 7) is 0. The minimum absolute atomic E-state index is 0.301. The lowest BCUT2D eigenvalue weighted by atomic mass is 9.78. The van der Waals surface area contributed by atoms with E-state index < -0.39 is 11.6 Å². The zero-order valence-corrected chi connectivity index (χ0v) is 11.7. The Kier molecular flexibility index (Phi) is 2.99. The molecule has 1 N–H and O–H groups in total. The maximum Gasteiger partial charge on any atom is 0.150 e. The summed E-state index contributed by atoms with van der Waals surface area (Å²) in [5, 5.41) is 0.562. The van der Waals surface area contributed by atoms with Gasteiger partial charge in [0.15, 0.2) is 0 Å². The van der Waals surface area contributed by atoms with Gasteiger partial charge >= 0.3 is 0 Å². The second-order valence-corrected chi connectivity index (χ2v) is 5.65. The van der Waals surface area contributed by atoms with Crippen molar-refractivity contribution in [3.8, 4) is 11.3 Å². The predicted octanol–water partition coefficient (Wildman–Crippen LogP) is 5.36. The molecule has 3 aromatic rings. The van der Waals surface area contributed by atoms with Crippen LogP contribution in [0.25, 0.3) is 22.2 Å². The van der Waals surface area contributed by atoms with Gasteiger partial charge < -0.3 is 4.98 Å². The lowest BCUT2D eigenvalue weighted by Crippen LogP contribution is -2.10. The summed E-state index contributed by atoms with van der Waals surface area (Å²) in [6, 6.07) is 8.28. The SMILES string of the molecule is Fc1ccc(-c2[nH]c3c(F)cc(F)cc3c2[C]2CCC2)cc1. The summed E-state index contributed by atoms with van der Waals surface area (Å²) in [7, 11) is 0. The van der Waals surface area contributed by atoms with Crippen LogP contribution in [-0.2, 0) is 0 Å². The van der Waals surface area contributed by atoms with Gasteiger partial charge in [-0.2, -0.15) is 0 Å². The van der Waals surface area contributed by atoms with Gasteiger partial charge in [-0.15, -0.1) is 0 Å². The molecule has 1 radical (unpaired) electrons. The third kappa shape index (κ3) is 2.02. The summed E-state index contributed by atoms with van der Waals surface area (Å²) in [5.41, 5.74) is 2.67. The number of H-pyrrole nitrogens is 1. The van der Waals surface area contributed by atoms with Crippen molar-refractivity contribution in [1.82, 2.24) is 4.98 Å². The van der Waals surface area contributed by atoms with Gasteiger partial charge in [-0.05, 0) is 54.3 Å². The molecule has 0 unspecified atom stereocenters. The van der Waals surface area contributed by atoms with Crippen LogP contribution in [-0.4, -0.2) is 4.98 Å². The van der Waals surface area contributed by atoms with Gasteiger partial charge in [0.25, 0.3) is 0 Å². The standard InChI is InChI=1S/C18H13F3N/c19-12-6-4-11(5-7-12)17-16(10-2-1-3-10)14-8-13(20)9-15(21)18(14)22-17/h4-9,22H,1-3H2. The van der Waals surface area contributed by atoms with Crippen molar-refractivity contribution in [1.29, 1.82) is 0 Å². The number of fused-ring (bicyclic) bond motifs is 1. The molecular weight excluding hydrogens is 287 g/mol. The third-order valence-corrected chi connectivity index (χ3v) is 4.27. The largest absolute Gasteiger partial charge is 0.352 e. The van der Waals surface area contributed by atoms with Crippen molar-refractivity contribution < 1.29 is 13.2 Å². The van der Waals surface area contributed by atoms with Crippen molar-refractivity contribution in [3.63, 3.8) is 0 Å². The molecule has 0 atom stereocenters. The van der Waals surface area contributed by atoms with Gasteiger partial charge in [0, 0.05) is 17.4 Å². The monoisotopic (exact) mass is 300 g/mol. The fourth-order valence-corrected chi connectivity index (χ4v) is 3.02. The highest BCUT2D eigenvalue weighted by atomic mass is 19.1. The van der Waals surface area contributed by atoms with E-state index in [0.29, 0.717) is 10.9 Å². The normalized spacial score (nSPS) is 15.2. The first-order chi connectivity index (χ1) is 10.6. The van der Waals surface area contributed by atoms with E-state index in [1.54, 1.807) is 12.1 Å². The Morgan fingerprint density at radius 3 is 2.23 bits per heavy atom. The Labute approximate surface area is 125 Å². The molecule has 111 valence electrons. The first-order valence-electron chi connectivity index (χ1n) is 7.25. The second kappa shape index (κ2) is 4.90. The van der Waals surface area contributed by atoms with E-state index >= 15 is 0 Å². The summed E-state index contributed by atoms with van der Waals surface area (Å²) >= 11 is 0. The van der Waals surface area contributed by atoms with E-state index in [1.165, 1.54) is 24.1 Å². The van der Waals surface area contributed by atoms with Crippen molar-refractivity contribution >= 4 is 10.9 Å². The molecule has 1 aliphatic rings. The predicted molar refractivity (Wildman–Crippen MR) is 79.8 cm³/mol. The van der Waals surface area contributed by atoms with Crippen molar-refractivity contribution in [2.75, 3.05) is 0 Å². The Bertz CT molecular complexity index is 845. The molecule has 1 heterocycles. The average molecular weight is 300 g/mol. The van der Waals surface area contributed by atoms with Gasteiger partial charge in [0.2, 0.25) is 0 Å². The van der Waals surface area contributed by atoms with E-state index in [0.717, 1.165) is 42.1 Å². The number of halogens is 3. The summed E-state index contributed by atoms with van der Waals surface area (Å²) in [5.74, 6) is -0.328. The van der Waals surface area contributed by atoms with Crippen LogP contribution in [0.4, 0.5) is 13.2 Å². The van der Waals surface area contributed by atoms with Crippen molar-refractivity contribution in [2.45, 2.75) is 19.3 Å². The Morgan fingerprint density at radius 2 is 1.59 bits per heavy atom. The topological polar surface area (TPSA) is 15.8 Å². The number of nitrogens with one attached hydrogen (secondary N) is 1. The summed E-state index contributed by atoms with van der Waals surface area (Å²) in [4.78, 5) is 3.06. The molecule has 1 saturated carbocycles. The van der Waals surface area contributed by atoms with Crippen LogP contribution in [0.15, 0.2) is 36.4 Å². The Morgan fingerprint density at radius 1 is 0.864 bits per heavy atom. The Balaban J connectivity index is 2.00. The first kappa shape index (κ1) is 13.4. The molecule has 1 aromatic heterocycles. The molecule has 2 aromatic carbocycles. The van der Waals surface area contributed by atoms with Gasteiger partial charge in [0.1, 0.15) is 17.5 Å². The zero-order chi connectivity index (χ0) is 15.3. The lowest BCUT2D eigenvalue weighted by Gasteiger charge is -2.26. The van der Waals surface area contributed by atoms with E-state index in [9.17, 15) is 13.2 Å². The smallest absolute Gasteiger partial charge is 0.150 e. The van der Waals surface area contributed by atoms with E-state index in [4.69, 9.17) is 0 Å². The highest BCUT2D eigenvalue weighted by Crippen LogP contribution is 2.44. The number of hydrogen-bond donors (Lipinski definition) is 1. The highest BCUT2D eigenvalue weighted by Gasteiger charge is 2.28. The molecular formula is C18H13F3N. The van der Waals surface area contributed by atoms with Crippen LogP contribution >= 0.6 is 0 Å². The Hall–Kier alpha value is -2.23. The molecule has 22 heavy (non-hydrogen) atoms. The second-order valence-electron chi connectivity index (χ2n) is 5.65. The lowest BCUT2D eigenvalue weighted by molar-refractivity contribution is 0.579. The van der Waals surface area contributed by atoms with Crippen molar-refractivity contribution in [2.24, 2.45) is 0 Å². The molecule has 1 aliphatic carbocycles.